The maximum absolute atomic E-state index is 12.6. The molecule has 0 aromatic carbocycles. The van der Waals surface area contributed by atoms with Crippen molar-refractivity contribution in [2.45, 2.75) is 77.0 Å². The van der Waals surface area contributed by atoms with Gasteiger partial charge in [0, 0.05) is 18.3 Å². The molecule has 4 rings (SSSR count). The predicted octanol–water partition coefficient (Wildman–Crippen LogP) is 3.68. The Bertz CT molecular complexity index is 793. The number of hydrogen-bond donors (Lipinski definition) is 0. The molecule has 0 N–H and O–H groups in total. The van der Waals surface area contributed by atoms with E-state index < -0.39 is 5.60 Å². The number of ether oxygens (including phenoxy) is 1. The molecule has 1 amide bonds. The van der Waals surface area contributed by atoms with Gasteiger partial charge in [-0.05, 0) is 76.5 Å². The SMILES string of the molecule is Cc1cc2ncnn2cc1C1C[C@H]2CC[C@@H](C1)N2C(=O)OC(C)(C)C. The Balaban J connectivity index is 1.56. The summed E-state index contributed by atoms with van der Waals surface area (Å²) < 4.78 is 7.49. The molecule has 4 heterocycles. The zero-order chi connectivity index (χ0) is 17.8. The third kappa shape index (κ3) is 2.98. The van der Waals surface area contributed by atoms with Crippen LogP contribution in [-0.4, -0.2) is 43.3 Å². The highest BCUT2D eigenvalue weighted by Crippen LogP contribution is 2.44. The molecule has 2 saturated heterocycles. The highest BCUT2D eigenvalue weighted by molar-refractivity contribution is 5.69. The Morgan fingerprint density at radius 1 is 1.24 bits per heavy atom. The molecule has 25 heavy (non-hydrogen) atoms. The summed E-state index contributed by atoms with van der Waals surface area (Å²) in [5, 5.41) is 4.27. The summed E-state index contributed by atoms with van der Waals surface area (Å²) in [6.45, 7) is 7.93. The molecule has 2 aliphatic heterocycles. The van der Waals surface area contributed by atoms with Crippen molar-refractivity contribution < 1.29 is 9.53 Å². The van der Waals surface area contributed by atoms with Crippen LogP contribution in [0.3, 0.4) is 0 Å². The van der Waals surface area contributed by atoms with Crippen molar-refractivity contribution in [3.05, 3.63) is 29.7 Å². The van der Waals surface area contributed by atoms with E-state index >= 15 is 0 Å². The zero-order valence-corrected chi connectivity index (χ0v) is 15.4. The number of aromatic nitrogens is 3. The number of carbonyl (C=O) groups is 1. The normalized spacial score (nSPS) is 26.2. The Hall–Kier alpha value is -2.11. The fraction of sp³-hybridized carbons (Fsp3) is 0.632. The van der Waals surface area contributed by atoms with Crippen LogP contribution in [0, 0.1) is 6.92 Å². The number of aryl methyl sites for hydroxylation is 1. The first-order chi connectivity index (χ1) is 11.8. The van der Waals surface area contributed by atoms with E-state index in [1.807, 2.05) is 30.2 Å². The Morgan fingerprint density at radius 3 is 2.56 bits per heavy atom. The summed E-state index contributed by atoms with van der Waals surface area (Å²) in [6.07, 6.45) is 7.70. The number of piperidine rings is 1. The highest BCUT2D eigenvalue weighted by atomic mass is 16.6. The van der Waals surface area contributed by atoms with Crippen LogP contribution in [0.5, 0.6) is 0 Å². The van der Waals surface area contributed by atoms with Crippen LogP contribution >= 0.6 is 0 Å². The van der Waals surface area contributed by atoms with Gasteiger partial charge in [-0.3, -0.25) is 0 Å². The largest absolute Gasteiger partial charge is 0.444 e. The van der Waals surface area contributed by atoms with Gasteiger partial charge < -0.3 is 9.64 Å². The molecule has 2 aromatic heterocycles. The van der Waals surface area contributed by atoms with Crippen molar-refractivity contribution in [2.24, 2.45) is 0 Å². The zero-order valence-electron chi connectivity index (χ0n) is 15.4. The summed E-state index contributed by atoms with van der Waals surface area (Å²) in [5.74, 6) is 0.463. The molecule has 6 heteroatoms. The summed E-state index contributed by atoms with van der Waals surface area (Å²) in [5.41, 5.74) is 3.03. The second kappa shape index (κ2) is 5.71. The van der Waals surface area contributed by atoms with Crippen molar-refractivity contribution in [3.8, 4) is 0 Å². The average molecular weight is 342 g/mol. The quantitative estimate of drug-likeness (QED) is 0.793. The molecule has 6 nitrogen and oxygen atoms in total. The lowest BCUT2D eigenvalue weighted by Crippen LogP contribution is -2.48. The van der Waals surface area contributed by atoms with Crippen LogP contribution in [0.1, 0.15) is 63.5 Å². The Kier molecular flexibility index (Phi) is 3.74. The molecule has 134 valence electrons. The fourth-order valence-electron chi connectivity index (χ4n) is 4.44. The Morgan fingerprint density at radius 2 is 1.92 bits per heavy atom. The number of rotatable bonds is 1. The molecular weight excluding hydrogens is 316 g/mol. The summed E-state index contributed by atoms with van der Waals surface area (Å²) in [6, 6.07) is 2.67. The van der Waals surface area contributed by atoms with E-state index in [-0.39, 0.29) is 18.2 Å². The van der Waals surface area contributed by atoms with Gasteiger partial charge in [0.05, 0.1) is 0 Å². The van der Waals surface area contributed by atoms with Gasteiger partial charge in [0.2, 0.25) is 0 Å². The van der Waals surface area contributed by atoms with E-state index in [2.05, 4.69) is 29.3 Å². The van der Waals surface area contributed by atoms with Gasteiger partial charge in [-0.2, -0.15) is 5.10 Å². The van der Waals surface area contributed by atoms with Crippen LogP contribution in [0.4, 0.5) is 4.79 Å². The number of carbonyl (C=O) groups excluding carboxylic acids is 1. The van der Waals surface area contributed by atoms with E-state index in [0.29, 0.717) is 5.92 Å². The fourth-order valence-corrected chi connectivity index (χ4v) is 4.44. The average Bonchev–Trinajstić information content (AvgIpc) is 3.06. The smallest absolute Gasteiger partial charge is 0.410 e. The summed E-state index contributed by atoms with van der Waals surface area (Å²) >= 11 is 0. The van der Waals surface area contributed by atoms with Crippen molar-refractivity contribution >= 4 is 11.7 Å². The molecule has 2 aliphatic rings. The third-order valence-electron chi connectivity index (χ3n) is 5.44. The first kappa shape index (κ1) is 16.4. The molecule has 2 fully saturated rings. The van der Waals surface area contributed by atoms with Gasteiger partial charge in [-0.25, -0.2) is 14.3 Å². The molecule has 0 radical (unpaired) electrons. The van der Waals surface area contributed by atoms with Crippen molar-refractivity contribution in [1.82, 2.24) is 19.5 Å². The predicted molar refractivity (Wildman–Crippen MR) is 94.6 cm³/mol. The molecule has 3 atom stereocenters. The second-order valence-electron chi connectivity index (χ2n) is 8.42. The van der Waals surface area contributed by atoms with Crippen molar-refractivity contribution in [2.75, 3.05) is 0 Å². The first-order valence-electron chi connectivity index (χ1n) is 9.13. The molecule has 0 aliphatic carbocycles. The first-order valence-corrected chi connectivity index (χ1v) is 9.13. The lowest BCUT2D eigenvalue weighted by Gasteiger charge is -2.40. The van der Waals surface area contributed by atoms with E-state index in [0.717, 1.165) is 31.3 Å². The third-order valence-corrected chi connectivity index (χ3v) is 5.44. The van der Waals surface area contributed by atoms with Gasteiger partial charge in [-0.1, -0.05) is 0 Å². The van der Waals surface area contributed by atoms with Crippen LogP contribution in [-0.2, 0) is 4.74 Å². The van der Waals surface area contributed by atoms with E-state index in [9.17, 15) is 4.79 Å². The van der Waals surface area contributed by atoms with E-state index in [4.69, 9.17) is 4.74 Å². The molecule has 0 spiro atoms. The molecule has 0 saturated carbocycles. The lowest BCUT2D eigenvalue weighted by atomic mass is 9.84. The minimum Gasteiger partial charge on any atom is -0.444 e. The summed E-state index contributed by atoms with van der Waals surface area (Å²) in [4.78, 5) is 18.9. The maximum atomic E-state index is 12.6. The number of amides is 1. The second-order valence-corrected chi connectivity index (χ2v) is 8.42. The van der Waals surface area contributed by atoms with Crippen LogP contribution in [0.2, 0.25) is 0 Å². The Labute approximate surface area is 148 Å². The van der Waals surface area contributed by atoms with Crippen LogP contribution in [0.15, 0.2) is 18.6 Å². The van der Waals surface area contributed by atoms with E-state index in [1.54, 1.807) is 6.33 Å². The topological polar surface area (TPSA) is 59.7 Å². The van der Waals surface area contributed by atoms with E-state index in [1.165, 1.54) is 11.1 Å². The lowest BCUT2D eigenvalue weighted by molar-refractivity contribution is 0.00582. The van der Waals surface area contributed by atoms with Gasteiger partial charge in [0.25, 0.3) is 0 Å². The minimum absolute atomic E-state index is 0.151. The number of fused-ring (bicyclic) bond motifs is 3. The van der Waals surface area contributed by atoms with Gasteiger partial charge >= 0.3 is 6.09 Å². The van der Waals surface area contributed by atoms with Crippen molar-refractivity contribution in [3.63, 3.8) is 0 Å². The van der Waals surface area contributed by atoms with Crippen LogP contribution < -0.4 is 0 Å². The van der Waals surface area contributed by atoms with Gasteiger partial charge in [0.1, 0.15) is 11.9 Å². The monoisotopic (exact) mass is 342 g/mol. The van der Waals surface area contributed by atoms with Crippen LogP contribution in [0.25, 0.3) is 5.65 Å². The molecule has 2 aromatic rings. The minimum atomic E-state index is -0.442. The molecule has 1 unspecified atom stereocenters. The van der Waals surface area contributed by atoms with Gasteiger partial charge in [-0.15, -0.1) is 0 Å². The number of hydrogen-bond acceptors (Lipinski definition) is 4. The molecular formula is C19H26N4O2. The number of pyridine rings is 1. The number of nitrogens with zero attached hydrogens (tertiary/aromatic N) is 4. The standard InChI is InChI=1S/C19H26N4O2/c1-12-7-17-20-11-21-22(17)10-16(12)13-8-14-5-6-15(9-13)23(14)18(24)25-19(2,3)4/h7,10-11,13-15H,5-6,8-9H2,1-4H3/t13?,14-,15+. The highest BCUT2D eigenvalue weighted by Gasteiger charge is 2.45. The van der Waals surface area contributed by atoms with Crippen molar-refractivity contribution in [1.29, 1.82) is 0 Å². The maximum Gasteiger partial charge on any atom is 0.410 e. The molecule has 2 bridgehead atoms. The summed E-state index contributed by atoms with van der Waals surface area (Å²) in [7, 11) is 0. The van der Waals surface area contributed by atoms with Gasteiger partial charge in [0.15, 0.2) is 5.65 Å².